The van der Waals surface area contributed by atoms with Gasteiger partial charge < -0.3 is 10.5 Å². The molecule has 1 aromatic rings. The molecule has 0 saturated heterocycles. The van der Waals surface area contributed by atoms with Gasteiger partial charge in [0.15, 0.2) is 0 Å². The van der Waals surface area contributed by atoms with Crippen LogP contribution in [-0.2, 0) is 5.41 Å². The molecule has 0 aromatic heterocycles. The Morgan fingerprint density at radius 2 is 2.00 bits per heavy atom. The Morgan fingerprint density at radius 3 is 2.50 bits per heavy atom. The zero-order valence-electron chi connectivity index (χ0n) is 12.0. The molecule has 0 aliphatic rings. The van der Waals surface area contributed by atoms with Crippen LogP contribution in [0.4, 0.5) is 0 Å². The first-order chi connectivity index (χ1) is 8.21. The second kappa shape index (κ2) is 5.42. The van der Waals surface area contributed by atoms with E-state index in [1.54, 1.807) is 0 Å². The lowest BCUT2D eigenvalue weighted by atomic mass is 9.85. The predicted octanol–water partition coefficient (Wildman–Crippen LogP) is 3.24. The number of hydrogen-bond acceptors (Lipinski definition) is 2. The van der Waals surface area contributed by atoms with Crippen LogP contribution in [0.25, 0.3) is 0 Å². The molecule has 1 atom stereocenters. The smallest absolute Gasteiger partial charge is 0.123 e. The predicted molar refractivity (Wildman–Crippen MR) is 76.5 cm³/mol. The number of aryl methyl sites for hydroxylation is 1. The van der Waals surface area contributed by atoms with Crippen molar-refractivity contribution >= 4 is 5.84 Å². The van der Waals surface area contributed by atoms with Crippen molar-refractivity contribution in [3.05, 3.63) is 29.3 Å². The Morgan fingerprint density at radius 1 is 1.39 bits per heavy atom. The number of rotatable bonds is 4. The van der Waals surface area contributed by atoms with Crippen LogP contribution in [0, 0.1) is 18.3 Å². The van der Waals surface area contributed by atoms with Gasteiger partial charge in [0.25, 0.3) is 0 Å². The van der Waals surface area contributed by atoms with E-state index < -0.39 is 0 Å². The van der Waals surface area contributed by atoms with Crippen LogP contribution >= 0.6 is 0 Å². The van der Waals surface area contributed by atoms with Gasteiger partial charge in [-0.15, -0.1) is 0 Å². The molecule has 0 aliphatic carbocycles. The molecule has 3 heteroatoms. The zero-order chi connectivity index (χ0) is 13.9. The van der Waals surface area contributed by atoms with E-state index in [0.29, 0.717) is 6.61 Å². The summed E-state index contributed by atoms with van der Waals surface area (Å²) in [6, 6.07) is 6.21. The lowest BCUT2D eigenvalue weighted by Gasteiger charge is -2.24. The third-order valence-corrected chi connectivity index (χ3v) is 2.96. The number of amidine groups is 1. The standard InChI is InChI=1S/C15H24N2O/c1-10-6-7-13(12(8-10)15(3,4)5)18-9-11(2)14(16)17/h6-8,11H,9H2,1-5H3,(H3,16,17). The van der Waals surface area contributed by atoms with Crippen molar-refractivity contribution in [2.75, 3.05) is 6.61 Å². The van der Waals surface area contributed by atoms with Crippen molar-refractivity contribution in [2.45, 2.75) is 40.0 Å². The maximum atomic E-state index is 7.37. The van der Waals surface area contributed by atoms with Crippen molar-refractivity contribution < 1.29 is 4.74 Å². The van der Waals surface area contributed by atoms with Gasteiger partial charge in [-0.3, -0.25) is 5.41 Å². The van der Waals surface area contributed by atoms with Crippen molar-refractivity contribution in [3.8, 4) is 5.75 Å². The molecule has 0 spiro atoms. The average Bonchev–Trinajstić information content (AvgIpc) is 2.25. The molecule has 0 fully saturated rings. The summed E-state index contributed by atoms with van der Waals surface area (Å²) in [6.45, 7) is 10.9. The van der Waals surface area contributed by atoms with E-state index in [1.165, 1.54) is 11.1 Å². The van der Waals surface area contributed by atoms with Gasteiger partial charge in [0, 0.05) is 5.92 Å². The molecule has 0 heterocycles. The third-order valence-electron chi connectivity index (χ3n) is 2.96. The number of nitrogens with one attached hydrogen (secondary N) is 1. The summed E-state index contributed by atoms with van der Waals surface area (Å²) in [5, 5.41) is 7.37. The van der Waals surface area contributed by atoms with Crippen LogP contribution in [0.5, 0.6) is 5.75 Å². The second-order valence-electron chi connectivity index (χ2n) is 5.92. The maximum Gasteiger partial charge on any atom is 0.123 e. The fourth-order valence-electron chi connectivity index (χ4n) is 1.66. The molecular weight excluding hydrogens is 224 g/mol. The van der Waals surface area contributed by atoms with Gasteiger partial charge in [0.05, 0.1) is 12.4 Å². The molecule has 0 aliphatic heterocycles. The summed E-state index contributed by atoms with van der Waals surface area (Å²) in [6.07, 6.45) is 0. The Hall–Kier alpha value is -1.51. The largest absolute Gasteiger partial charge is 0.493 e. The molecule has 18 heavy (non-hydrogen) atoms. The average molecular weight is 248 g/mol. The summed E-state index contributed by atoms with van der Waals surface area (Å²) in [7, 11) is 0. The summed E-state index contributed by atoms with van der Waals surface area (Å²) in [4.78, 5) is 0. The van der Waals surface area contributed by atoms with Crippen molar-refractivity contribution in [1.82, 2.24) is 0 Å². The molecule has 1 unspecified atom stereocenters. The Bertz CT molecular complexity index is 433. The molecule has 0 bridgehead atoms. The number of ether oxygens (including phenoxy) is 1. The van der Waals surface area contributed by atoms with Gasteiger partial charge in [-0.05, 0) is 24.0 Å². The highest BCUT2D eigenvalue weighted by Crippen LogP contribution is 2.32. The third kappa shape index (κ3) is 3.76. The number of hydrogen-bond donors (Lipinski definition) is 2. The van der Waals surface area contributed by atoms with Gasteiger partial charge >= 0.3 is 0 Å². The maximum absolute atomic E-state index is 7.37. The molecular formula is C15H24N2O. The van der Waals surface area contributed by atoms with Crippen molar-refractivity contribution in [3.63, 3.8) is 0 Å². The lowest BCUT2D eigenvalue weighted by Crippen LogP contribution is -2.25. The van der Waals surface area contributed by atoms with E-state index in [0.717, 1.165) is 5.75 Å². The SMILES string of the molecule is Cc1ccc(OCC(C)C(=N)N)c(C(C)(C)C)c1. The molecule has 3 N–H and O–H groups in total. The molecule has 0 saturated carbocycles. The van der Waals surface area contributed by atoms with E-state index in [2.05, 4.69) is 33.8 Å². The minimum absolute atomic E-state index is 0.0425. The second-order valence-corrected chi connectivity index (χ2v) is 5.92. The van der Waals surface area contributed by atoms with Crippen LogP contribution in [-0.4, -0.2) is 12.4 Å². The first-order valence-corrected chi connectivity index (χ1v) is 6.29. The van der Waals surface area contributed by atoms with E-state index >= 15 is 0 Å². The van der Waals surface area contributed by atoms with Crippen LogP contribution < -0.4 is 10.5 Å². The Labute approximate surface area is 110 Å². The monoisotopic (exact) mass is 248 g/mol. The van der Waals surface area contributed by atoms with Gasteiger partial charge in [0.1, 0.15) is 5.75 Å². The highest BCUT2D eigenvalue weighted by molar-refractivity contribution is 5.79. The molecule has 100 valence electrons. The highest BCUT2D eigenvalue weighted by atomic mass is 16.5. The molecule has 3 nitrogen and oxygen atoms in total. The number of benzene rings is 1. The van der Waals surface area contributed by atoms with Crippen LogP contribution in [0.15, 0.2) is 18.2 Å². The van der Waals surface area contributed by atoms with Crippen molar-refractivity contribution in [2.24, 2.45) is 11.7 Å². The van der Waals surface area contributed by atoms with Gasteiger partial charge in [-0.25, -0.2) is 0 Å². The topological polar surface area (TPSA) is 59.1 Å². The van der Waals surface area contributed by atoms with Crippen LogP contribution in [0.1, 0.15) is 38.8 Å². The highest BCUT2D eigenvalue weighted by Gasteiger charge is 2.19. The van der Waals surface area contributed by atoms with E-state index in [-0.39, 0.29) is 17.2 Å². The normalized spacial score (nSPS) is 13.2. The van der Waals surface area contributed by atoms with Gasteiger partial charge in [0.2, 0.25) is 0 Å². The summed E-state index contributed by atoms with van der Waals surface area (Å²) in [5.41, 5.74) is 7.92. The van der Waals surface area contributed by atoms with E-state index in [9.17, 15) is 0 Å². The Balaban J connectivity index is 2.92. The zero-order valence-corrected chi connectivity index (χ0v) is 12.0. The summed E-state index contributed by atoms with van der Waals surface area (Å²) >= 11 is 0. The lowest BCUT2D eigenvalue weighted by molar-refractivity contribution is 0.284. The minimum Gasteiger partial charge on any atom is -0.493 e. The fraction of sp³-hybridized carbons (Fsp3) is 0.533. The van der Waals surface area contributed by atoms with Crippen molar-refractivity contribution in [1.29, 1.82) is 5.41 Å². The first-order valence-electron chi connectivity index (χ1n) is 6.29. The van der Waals surface area contributed by atoms with Gasteiger partial charge in [-0.2, -0.15) is 0 Å². The van der Waals surface area contributed by atoms with Gasteiger partial charge in [-0.1, -0.05) is 45.4 Å². The van der Waals surface area contributed by atoms with E-state index in [4.69, 9.17) is 15.9 Å². The fourth-order valence-corrected chi connectivity index (χ4v) is 1.66. The van der Waals surface area contributed by atoms with Crippen LogP contribution in [0.2, 0.25) is 0 Å². The Kier molecular flexibility index (Phi) is 4.38. The molecule has 1 aromatic carbocycles. The summed E-state index contributed by atoms with van der Waals surface area (Å²) < 4.78 is 5.82. The minimum atomic E-state index is -0.0564. The summed E-state index contributed by atoms with van der Waals surface area (Å²) in [5.74, 6) is 1.000. The van der Waals surface area contributed by atoms with E-state index in [1.807, 2.05) is 19.1 Å². The molecule has 0 radical (unpaired) electrons. The molecule has 1 rings (SSSR count). The number of nitrogens with two attached hydrogens (primary N) is 1. The quantitative estimate of drug-likeness (QED) is 0.634. The first kappa shape index (κ1) is 14.6. The molecule has 0 amide bonds. The van der Waals surface area contributed by atoms with Crippen LogP contribution in [0.3, 0.4) is 0 Å².